The van der Waals surface area contributed by atoms with Gasteiger partial charge in [-0.25, -0.2) is 4.79 Å². The Bertz CT molecular complexity index is 1100. The lowest BCUT2D eigenvalue weighted by atomic mass is 10.1. The second kappa shape index (κ2) is 6.94. The van der Waals surface area contributed by atoms with Crippen LogP contribution in [0.25, 0.3) is 17.0 Å². The molecule has 3 N–H and O–H groups in total. The van der Waals surface area contributed by atoms with Gasteiger partial charge in [-0.1, -0.05) is 12.1 Å². The first kappa shape index (κ1) is 17.0. The van der Waals surface area contributed by atoms with E-state index in [0.717, 1.165) is 12.1 Å². The Labute approximate surface area is 146 Å². The summed E-state index contributed by atoms with van der Waals surface area (Å²) in [6.07, 6.45) is 3.62. The molecule has 0 spiro atoms. The van der Waals surface area contributed by atoms with E-state index in [-0.39, 0.29) is 28.0 Å². The molecule has 3 rings (SSSR count). The summed E-state index contributed by atoms with van der Waals surface area (Å²) in [5.74, 6) is -2.11. The number of carboxylic acid groups (broad SMARTS) is 1. The third-order valence-electron chi connectivity index (χ3n) is 3.62. The maximum atomic E-state index is 12.3. The highest BCUT2D eigenvalue weighted by molar-refractivity contribution is 6.03. The molecule has 0 aliphatic rings. The van der Waals surface area contributed by atoms with Gasteiger partial charge in [-0.2, -0.15) is 0 Å². The number of rotatable bonds is 4. The smallest absolute Gasteiger partial charge is 0.335 e. The van der Waals surface area contributed by atoms with Gasteiger partial charge in [-0.3, -0.25) is 9.59 Å². The lowest BCUT2D eigenvalue weighted by Gasteiger charge is -2.06. The first-order valence-electron chi connectivity index (χ1n) is 7.51. The summed E-state index contributed by atoms with van der Waals surface area (Å²) in [4.78, 5) is 35.3. The summed E-state index contributed by atoms with van der Waals surface area (Å²) in [6, 6.07) is 10.2. The van der Waals surface area contributed by atoms with E-state index < -0.39 is 11.9 Å². The SMILES string of the molecule is O=C(/C=C/c1coc2ccccc2c1=O)Nc1cc(C(=O)O)ccc1O. The number of nitrogens with one attached hydrogen (secondary N) is 1. The Kier molecular flexibility index (Phi) is 4.53. The highest BCUT2D eigenvalue weighted by Gasteiger charge is 2.10. The van der Waals surface area contributed by atoms with Crippen molar-refractivity contribution < 1.29 is 24.2 Å². The summed E-state index contributed by atoms with van der Waals surface area (Å²) in [5, 5.41) is 21.4. The molecule has 0 aliphatic carbocycles. The number of phenolic OH excluding ortho intramolecular Hbond substituents is 1. The minimum Gasteiger partial charge on any atom is -0.506 e. The molecular weight excluding hydrogens is 338 g/mol. The van der Waals surface area contributed by atoms with Crippen molar-refractivity contribution in [3.05, 3.63) is 76.2 Å². The van der Waals surface area contributed by atoms with E-state index in [1.165, 1.54) is 24.5 Å². The number of hydrogen-bond acceptors (Lipinski definition) is 5. The number of carbonyl (C=O) groups is 2. The molecule has 3 aromatic rings. The average molecular weight is 351 g/mol. The second-order valence-corrected chi connectivity index (χ2v) is 5.38. The lowest BCUT2D eigenvalue weighted by Crippen LogP contribution is -2.10. The molecule has 0 atom stereocenters. The van der Waals surface area contributed by atoms with Crippen LogP contribution in [0.1, 0.15) is 15.9 Å². The quantitative estimate of drug-likeness (QED) is 0.491. The molecule has 0 saturated carbocycles. The summed E-state index contributed by atoms with van der Waals surface area (Å²) in [6.45, 7) is 0. The van der Waals surface area contributed by atoms with Gasteiger partial charge in [0.2, 0.25) is 5.91 Å². The number of aromatic carboxylic acids is 1. The first-order chi connectivity index (χ1) is 12.5. The Balaban J connectivity index is 1.83. The molecule has 130 valence electrons. The lowest BCUT2D eigenvalue weighted by molar-refractivity contribution is -0.111. The summed E-state index contributed by atoms with van der Waals surface area (Å²) in [7, 11) is 0. The van der Waals surface area contributed by atoms with Gasteiger partial charge in [0.15, 0.2) is 5.43 Å². The zero-order valence-electron chi connectivity index (χ0n) is 13.3. The molecule has 26 heavy (non-hydrogen) atoms. The highest BCUT2D eigenvalue weighted by Crippen LogP contribution is 2.24. The maximum absolute atomic E-state index is 12.3. The molecule has 1 aromatic heterocycles. The van der Waals surface area contributed by atoms with Crippen LogP contribution in [0, 0.1) is 0 Å². The monoisotopic (exact) mass is 351 g/mol. The number of anilines is 1. The largest absolute Gasteiger partial charge is 0.506 e. The summed E-state index contributed by atoms with van der Waals surface area (Å²) < 4.78 is 5.35. The maximum Gasteiger partial charge on any atom is 0.335 e. The van der Waals surface area contributed by atoms with Gasteiger partial charge in [0.05, 0.1) is 22.2 Å². The predicted octanol–water partition coefficient (Wildman–Crippen LogP) is 2.85. The molecular formula is C19H13NO6. The second-order valence-electron chi connectivity index (χ2n) is 5.38. The normalized spacial score (nSPS) is 10.9. The number of para-hydroxylation sites is 1. The molecule has 7 nitrogen and oxygen atoms in total. The van der Waals surface area contributed by atoms with Gasteiger partial charge in [0, 0.05) is 6.08 Å². The van der Waals surface area contributed by atoms with Gasteiger partial charge in [0.1, 0.15) is 17.6 Å². The number of carbonyl (C=O) groups excluding carboxylic acids is 1. The molecule has 0 bridgehead atoms. The Hall–Kier alpha value is -3.87. The van der Waals surface area contributed by atoms with Gasteiger partial charge in [0.25, 0.3) is 0 Å². The van der Waals surface area contributed by atoms with E-state index >= 15 is 0 Å². The van der Waals surface area contributed by atoms with Gasteiger partial charge in [-0.15, -0.1) is 0 Å². The van der Waals surface area contributed by atoms with Gasteiger partial charge < -0.3 is 19.9 Å². The molecule has 7 heteroatoms. The Morgan fingerprint density at radius 1 is 1.12 bits per heavy atom. The zero-order chi connectivity index (χ0) is 18.7. The van der Waals surface area contributed by atoms with Crippen LogP contribution in [0.15, 0.2) is 64.0 Å². The molecule has 0 aliphatic heterocycles. The summed E-state index contributed by atoms with van der Waals surface area (Å²) in [5.41, 5.74) is 0.200. The standard InChI is InChI=1S/C19H13NO6/c21-15-7-5-11(19(24)25)9-14(15)20-17(22)8-6-12-10-26-16-4-2-1-3-13(16)18(12)23/h1-10,21H,(H,20,22)(H,24,25)/b8-6+. The van der Waals surface area contributed by atoms with Crippen molar-refractivity contribution in [3.63, 3.8) is 0 Å². The van der Waals surface area contributed by atoms with Crippen molar-refractivity contribution >= 4 is 34.6 Å². The topological polar surface area (TPSA) is 117 Å². The Morgan fingerprint density at radius 3 is 2.65 bits per heavy atom. The number of amides is 1. The first-order valence-corrected chi connectivity index (χ1v) is 7.51. The number of carboxylic acids is 1. The van der Waals surface area contributed by atoms with Crippen LogP contribution >= 0.6 is 0 Å². The van der Waals surface area contributed by atoms with Crippen molar-refractivity contribution in [1.82, 2.24) is 0 Å². The van der Waals surface area contributed by atoms with Crippen LogP contribution in [0.2, 0.25) is 0 Å². The average Bonchev–Trinajstić information content (AvgIpc) is 2.63. The number of fused-ring (bicyclic) bond motifs is 1. The van der Waals surface area contributed by atoms with E-state index in [0.29, 0.717) is 11.0 Å². The van der Waals surface area contributed by atoms with E-state index in [9.17, 15) is 19.5 Å². The van der Waals surface area contributed by atoms with E-state index in [2.05, 4.69) is 5.32 Å². The van der Waals surface area contributed by atoms with Crippen LogP contribution < -0.4 is 10.7 Å². The number of hydrogen-bond donors (Lipinski definition) is 3. The van der Waals surface area contributed by atoms with Crippen molar-refractivity contribution in [2.24, 2.45) is 0 Å². The van der Waals surface area contributed by atoms with Crippen LogP contribution in [-0.4, -0.2) is 22.1 Å². The van der Waals surface area contributed by atoms with Crippen molar-refractivity contribution in [2.75, 3.05) is 5.32 Å². The fourth-order valence-electron chi connectivity index (χ4n) is 2.32. The van der Waals surface area contributed by atoms with E-state index in [1.54, 1.807) is 24.3 Å². The number of phenols is 1. The molecule has 0 saturated heterocycles. The number of aromatic hydroxyl groups is 1. The van der Waals surface area contributed by atoms with Crippen molar-refractivity contribution in [1.29, 1.82) is 0 Å². The molecule has 0 fully saturated rings. The minimum absolute atomic E-state index is 0.0508. The molecule has 1 amide bonds. The van der Waals surface area contributed by atoms with Crippen LogP contribution in [0.5, 0.6) is 5.75 Å². The third kappa shape index (κ3) is 3.46. The van der Waals surface area contributed by atoms with Gasteiger partial charge in [-0.05, 0) is 36.4 Å². The third-order valence-corrected chi connectivity index (χ3v) is 3.62. The van der Waals surface area contributed by atoms with Crippen molar-refractivity contribution in [3.8, 4) is 5.75 Å². The van der Waals surface area contributed by atoms with Crippen molar-refractivity contribution in [2.45, 2.75) is 0 Å². The molecule has 2 aromatic carbocycles. The number of benzene rings is 2. The van der Waals surface area contributed by atoms with E-state index in [4.69, 9.17) is 9.52 Å². The van der Waals surface area contributed by atoms with Crippen LogP contribution in [0.4, 0.5) is 5.69 Å². The Morgan fingerprint density at radius 2 is 1.88 bits per heavy atom. The zero-order valence-corrected chi connectivity index (χ0v) is 13.3. The fourth-order valence-corrected chi connectivity index (χ4v) is 2.32. The van der Waals surface area contributed by atoms with Gasteiger partial charge >= 0.3 is 5.97 Å². The molecule has 0 unspecified atom stereocenters. The fraction of sp³-hybridized carbons (Fsp3) is 0. The van der Waals surface area contributed by atoms with Crippen LogP contribution in [0.3, 0.4) is 0 Å². The van der Waals surface area contributed by atoms with Crippen LogP contribution in [-0.2, 0) is 4.79 Å². The minimum atomic E-state index is -1.19. The highest BCUT2D eigenvalue weighted by atomic mass is 16.4. The molecule has 0 radical (unpaired) electrons. The summed E-state index contributed by atoms with van der Waals surface area (Å²) >= 11 is 0. The van der Waals surface area contributed by atoms with E-state index in [1.807, 2.05) is 0 Å². The predicted molar refractivity (Wildman–Crippen MR) is 95.2 cm³/mol. The molecule has 1 heterocycles.